The summed E-state index contributed by atoms with van der Waals surface area (Å²) in [6, 6.07) is 5.09. The monoisotopic (exact) mass is 1140 g/mol. The van der Waals surface area contributed by atoms with Crippen molar-refractivity contribution in [3.05, 3.63) is 111 Å². The van der Waals surface area contributed by atoms with Gasteiger partial charge in [0.05, 0.1) is 59.1 Å². The van der Waals surface area contributed by atoms with E-state index in [0.29, 0.717) is 12.1 Å². The molecule has 5 rings (SSSR count). The van der Waals surface area contributed by atoms with Crippen LogP contribution in [0.15, 0.2) is 70.6 Å². The summed E-state index contributed by atoms with van der Waals surface area (Å²) in [6.45, 7) is 1.41. The van der Waals surface area contributed by atoms with Crippen LogP contribution in [0.2, 0.25) is 10.0 Å². The molecule has 0 bridgehead atoms. The third-order valence-electron chi connectivity index (χ3n) is 8.51. The summed E-state index contributed by atoms with van der Waals surface area (Å²) in [5, 5.41) is 7.26. The van der Waals surface area contributed by atoms with Crippen molar-refractivity contribution in [3.63, 3.8) is 0 Å². The van der Waals surface area contributed by atoms with Crippen LogP contribution in [0.4, 0.5) is 46.5 Å². The van der Waals surface area contributed by atoms with E-state index in [1.54, 1.807) is 13.8 Å². The normalized spacial score (nSPS) is 12.5. The summed E-state index contributed by atoms with van der Waals surface area (Å²) in [6.07, 6.45) is -9.97. The number of aliphatic hydroxyl groups is 1. The standard InChI is InChI=1S/C19H15ClF4N4O6.C17H13ClF4N4O4.C3H6O3.ClH.Cu/c1-3-33-16(31)7-27-15(30)8-34-17(27)25-11-5-12(10(21)4-9(11)20)28-14(29)6-13(19(22,23)24)26(2)18(28)32;1-3-30-15(28)7-23-8-24-11-5-12(10(19)4-9(11)18)26-14(27)6-13(17(20,21)22)25(2)16(26)29;1-6-3(5)2-4;;/h4-6H,3,7-8H2,1-2H3;4-6H,3,7H2,1-2H3;4H,2H2,1H3;1H;/q;;;;+1/p-1. The number of amides is 1. The number of aliphatic imine (C=N–C) groups is 3. The van der Waals surface area contributed by atoms with Gasteiger partial charge in [-0.05, 0) is 38.1 Å². The van der Waals surface area contributed by atoms with Crippen LogP contribution in [0, 0.1) is 11.6 Å². The number of rotatable bonds is 11. The summed E-state index contributed by atoms with van der Waals surface area (Å²) >= 11 is 15.5. The average molecular weight is 1140 g/mol. The molecule has 3 heterocycles. The van der Waals surface area contributed by atoms with Crippen molar-refractivity contribution < 1.29 is 93.5 Å². The Bertz CT molecular complexity index is 3020. The molecule has 4 aromatic rings. The minimum absolute atomic E-state index is 0.0538. The second-order valence-corrected chi connectivity index (χ2v) is 13.9. The molecule has 396 valence electrons. The zero-order valence-corrected chi connectivity index (χ0v) is 40.3. The van der Waals surface area contributed by atoms with Crippen molar-refractivity contribution in [1.29, 1.82) is 0 Å². The van der Waals surface area contributed by atoms with E-state index in [4.69, 9.17) is 37.8 Å². The number of amidine groups is 1. The minimum atomic E-state index is -5.00. The van der Waals surface area contributed by atoms with Gasteiger partial charge in [0, 0.05) is 26.2 Å². The zero-order chi connectivity index (χ0) is 55.0. The van der Waals surface area contributed by atoms with Crippen LogP contribution in [0.3, 0.4) is 0 Å². The van der Waals surface area contributed by atoms with Crippen molar-refractivity contribution in [2.24, 2.45) is 29.1 Å². The molecule has 1 saturated heterocycles. The van der Waals surface area contributed by atoms with Gasteiger partial charge in [-0.1, -0.05) is 23.2 Å². The number of aromatic nitrogens is 4. The van der Waals surface area contributed by atoms with Crippen LogP contribution in [-0.2, 0) is 79.7 Å². The molecule has 1 aliphatic rings. The van der Waals surface area contributed by atoms with Gasteiger partial charge in [-0.3, -0.25) is 38.0 Å². The number of esters is 3. The zero-order valence-electron chi connectivity index (χ0n) is 37.1. The van der Waals surface area contributed by atoms with Gasteiger partial charge in [0.1, 0.15) is 42.7 Å². The topological polar surface area (TPSA) is 254 Å². The van der Waals surface area contributed by atoms with Crippen molar-refractivity contribution in [1.82, 2.24) is 23.2 Å². The fourth-order valence-corrected chi connectivity index (χ4v) is 5.73. The SMILES string of the molecule is CCOC(=O)CN1C(=O)COC1=Nc1cc(-n2c(=O)cc(C(F)(F)F)n(C)c2=O)c(F)cc1Cl.CCOC(=O)CN=C=Nc1cc(-n2c(=O)cc(C(F)(F)F)n(C)c2=O)c(F)cc1Cl.COC(=O)CO.[Cl][Cu]. The van der Waals surface area contributed by atoms with Crippen LogP contribution in [-0.4, -0.2) is 111 Å². The molecule has 2 aromatic carbocycles. The number of methoxy groups -OCH3 is 1. The molecule has 0 unspecified atom stereocenters. The van der Waals surface area contributed by atoms with E-state index in [2.05, 4.69) is 55.7 Å². The predicted molar refractivity (Wildman–Crippen MR) is 232 cm³/mol. The molecule has 1 aliphatic heterocycles. The Morgan fingerprint density at radius 1 is 0.750 bits per heavy atom. The molecule has 1 fully saturated rings. The summed E-state index contributed by atoms with van der Waals surface area (Å²) in [4.78, 5) is 106. The second kappa shape index (κ2) is 27.2. The number of ether oxygens (including phenoxy) is 4. The van der Waals surface area contributed by atoms with Gasteiger partial charge in [0.15, 0.2) is 6.61 Å². The Morgan fingerprint density at radius 2 is 1.19 bits per heavy atom. The van der Waals surface area contributed by atoms with Crippen molar-refractivity contribution in [3.8, 4) is 11.4 Å². The molecule has 72 heavy (non-hydrogen) atoms. The first-order valence-electron chi connectivity index (χ1n) is 19.2. The van der Waals surface area contributed by atoms with Gasteiger partial charge in [0.25, 0.3) is 17.0 Å². The van der Waals surface area contributed by atoms with Crippen LogP contribution >= 0.6 is 33.3 Å². The van der Waals surface area contributed by atoms with Crippen molar-refractivity contribution in [2.45, 2.75) is 26.2 Å². The van der Waals surface area contributed by atoms with Crippen molar-refractivity contribution >= 4 is 80.5 Å². The quantitative estimate of drug-likeness (QED) is 0.0724. The number of benzene rings is 2. The van der Waals surface area contributed by atoms with Gasteiger partial charge in [-0.15, -0.1) is 0 Å². The number of carbonyl (C=O) groups excluding carboxylic acids is 4. The molecule has 0 atom stereocenters. The summed E-state index contributed by atoms with van der Waals surface area (Å²) in [5.74, 6) is -5.01. The van der Waals surface area contributed by atoms with Gasteiger partial charge in [0.2, 0.25) is 0 Å². The summed E-state index contributed by atoms with van der Waals surface area (Å²) in [5.41, 5.74) is -10.7. The fraction of sp³-hybridized carbons (Fsp3) is 0.333. The van der Waals surface area contributed by atoms with Crippen LogP contribution < -0.4 is 22.5 Å². The van der Waals surface area contributed by atoms with E-state index in [-0.39, 0.29) is 65.0 Å². The number of hydrogen-bond acceptors (Lipinski definition) is 16. The molecule has 0 radical (unpaired) electrons. The molecule has 0 spiro atoms. The van der Waals surface area contributed by atoms with Gasteiger partial charge < -0.3 is 24.1 Å². The molecule has 2 aromatic heterocycles. The maximum absolute atomic E-state index is 14.6. The summed E-state index contributed by atoms with van der Waals surface area (Å²) in [7, 11) is 6.98. The average Bonchev–Trinajstić information content (AvgIpc) is 3.64. The molecule has 0 saturated carbocycles. The number of hydrogen-bond donors (Lipinski definition) is 1. The van der Waals surface area contributed by atoms with E-state index >= 15 is 0 Å². The fourth-order valence-electron chi connectivity index (χ4n) is 5.34. The Labute approximate surface area is 420 Å². The predicted octanol–water partition coefficient (Wildman–Crippen LogP) is 4.31. The molecular formula is C39H34Cl3CuF8N8O13. The van der Waals surface area contributed by atoms with Crippen LogP contribution in [0.1, 0.15) is 25.2 Å². The third kappa shape index (κ3) is 16.2. The van der Waals surface area contributed by atoms with Crippen LogP contribution in [0.5, 0.6) is 0 Å². The van der Waals surface area contributed by atoms with Crippen molar-refractivity contribution in [2.75, 3.05) is 46.6 Å². The number of nitrogens with zero attached hydrogens (tertiary/aromatic N) is 8. The molecule has 1 amide bonds. The Kier molecular flexibility index (Phi) is 23.2. The number of carbonyl (C=O) groups is 4. The van der Waals surface area contributed by atoms with Gasteiger partial charge in [-0.2, -0.15) is 36.3 Å². The second-order valence-electron chi connectivity index (χ2n) is 13.1. The summed E-state index contributed by atoms with van der Waals surface area (Å²) < 4.78 is 126. The molecular weight excluding hydrogens is 1110 g/mol. The molecule has 1 N–H and O–H groups in total. The molecule has 21 nitrogen and oxygen atoms in total. The Balaban J connectivity index is 0.000000432. The molecule has 33 heteroatoms. The van der Waals surface area contributed by atoms with Crippen LogP contribution in [0.25, 0.3) is 11.4 Å². The van der Waals surface area contributed by atoms with Gasteiger partial charge in [-0.25, -0.2) is 37.3 Å². The molecule has 0 aliphatic carbocycles. The van der Waals surface area contributed by atoms with E-state index in [1.165, 1.54) is 7.11 Å². The first kappa shape index (κ1) is 61.4. The first-order valence-corrected chi connectivity index (χ1v) is 21.2. The van der Waals surface area contributed by atoms with E-state index in [9.17, 15) is 73.5 Å². The van der Waals surface area contributed by atoms with E-state index in [0.717, 1.165) is 31.1 Å². The maximum atomic E-state index is 14.6. The number of aliphatic hydroxyl groups excluding tert-OH is 1. The van der Waals surface area contributed by atoms with E-state index < -0.39 is 125 Å². The first-order chi connectivity index (χ1) is 33.6. The number of halogens is 11. The van der Waals surface area contributed by atoms with Gasteiger partial charge >= 0.3 is 72.9 Å². The van der Waals surface area contributed by atoms with E-state index in [1.807, 2.05) is 0 Å². The Morgan fingerprint density at radius 3 is 1.61 bits per heavy atom. The third-order valence-corrected chi connectivity index (χ3v) is 9.12. The Hall–Kier alpha value is -6.68. The number of alkyl halides is 6.